The van der Waals surface area contributed by atoms with E-state index in [1.807, 2.05) is 6.92 Å². The maximum atomic E-state index is 13.5. The number of benzene rings is 2. The van der Waals surface area contributed by atoms with E-state index in [1.165, 1.54) is 29.2 Å². The van der Waals surface area contributed by atoms with E-state index in [4.69, 9.17) is 9.47 Å². The summed E-state index contributed by atoms with van der Waals surface area (Å²) in [6.45, 7) is 3.01. The first kappa shape index (κ1) is 23.4. The highest BCUT2D eigenvalue weighted by Gasteiger charge is 2.45. The molecule has 2 atom stereocenters. The molecule has 34 heavy (non-hydrogen) atoms. The van der Waals surface area contributed by atoms with Crippen LogP contribution < -0.4 is 9.64 Å². The van der Waals surface area contributed by atoms with Gasteiger partial charge in [0.15, 0.2) is 0 Å². The molecule has 0 aromatic heterocycles. The van der Waals surface area contributed by atoms with Gasteiger partial charge in [-0.25, -0.2) is 4.90 Å². The van der Waals surface area contributed by atoms with Gasteiger partial charge in [0.1, 0.15) is 11.8 Å². The topological polar surface area (TPSA) is 119 Å². The van der Waals surface area contributed by atoms with Crippen molar-refractivity contribution in [1.82, 2.24) is 4.90 Å². The number of nitrogens with zero attached hydrogens (tertiary/aromatic N) is 3. The van der Waals surface area contributed by atoms with Crippen LogP contribution in [0.25, 0.3) is 0 Å². The van der Waals surface area contributed by atoms with Gasteiger partial charge >= 0.3 is 0 Å². The third kappa shape index (κ3) is 4.76. The Kier molecular flexibility index (Phi) is 6.87. The predicted molar refractivity (Wildman–Crippen MR) is 122 cm³/mol. The normalized spacial score (nSPS) is 20.0. The number of rotatable bonds is 8. The van der Waals surface area contributed by atoms with Crippen molar-refractivity contribution >= 4 is 29.1 Å². The standard InChI is InChI=1S/C24H25N3O7/c1-2-33-19-10-8-17(9-11-19)26-22(28)14-21(24(26)30)25(15-20-7-4-12-34-20)23(29)16-5-3-6-18(13-16)27(31)32/h3,5-6,8-11,13,20-21H,2,4,7,12,14-15H2,1H3. The summed E-state index contributed by atoms with van der Waals surface area (Å²) >= 11 is 0. The average Bonchev–Trinajstić information content (AvgIpc) is 3.45. The lowest BCUT2D eigenvalue weighted by molar-refractivity contribution is -0.384. The Morgan fingerprint density at radius 1 is 1.24 bits per heavy atom. The van der Waals surface area contributed by atoms with Crippen molar-refractivity contribution in [1.29, 1.82) is 0 Å². The van der Waals surface area contributed by atoms with Crippen molar-refractivity contribution in [3.63, 3.8) is 0 Å². The zero-order valence-corrected chi connectivity index (χ0v) is 18.7. The largest absolute Gasteiger partial charge is 0.494 e. The van der Waals surface area contributed by atoms with Gasteiger partial charge in [-0.15, -0.1) is 0 Å². The Morgan fingerprint density at radius 2 is 2.00 bits per heavy atom. The highest BCUT2D eigenvalue weighted by Crippen LogP contribution is 2.29. The van der Waals surface area contributed by atoms with Crippen LogP contribution in [0.15, 0.2) is 48.5 Å². The maximum Gasteiger partial charge on any atom is 0.270 e. The Bertz CT molecular complexity index is 1100. The van der Waals surface area contributed by atoms with Crippen LogP contribution >= 0.6 is 0 Å². The number of amides is 3. The van der Waals surface area contributed by atoms with E-state index in [9.17, 15) is 24.5 Å². The molecule has 2 heterocycles. The van der Waals surface area contributed by atoms with Crippen LogP contribution in [0.4, 0.5) is 11.4 Å². The second-order valence-corrected chi connectivity index (χ2v) is 8.11. The quantitative estimate of drug-likeness (QED) is 0.333. The molecule has 0 saturated carbocycles. The first-order chi connectivity index (χ1) is 16.4. The Labute approximate surface area is 196 Å². The summed E-state index contributed by atoms with van der Waals surface area (Å²) in [7, 11) is 0. The summed E-state index contributed by atoms with van der Waals surface area (Å²) in [5.74, 6) is -0.893. The monoisotopic (exact) mass is 467 g/mol. The van der Waals surface area contributed by atoms with Crippen LogP contribution in [0.3, 0.4) is 0 Å². The number of nitro benzene ring substituents is 1. The van der Waals surface area contributed by atoms with Crippen molar-refractivity contribution in [2.45, 2.75) is 38.3 Å². The molecule has 0 bridgehead atoms. The van der Waals surface area contributed by atoms with Crippen molar-refractivity contribution in [2.75, 3.05) is 24.7 Å². The summed E-state index contributed by atoms with van der Waals surface area (Å²) in [5, 5.41) is 11.2. The van der Waals surface area contributed by atoms with Gasteiger partial charge in [-0.3, -0.25) is 24.5 Å². The summed E-state index contributed by atoms with van der Waals surface area (Å²) < 4.78 is 11.1. The van der Waals surface area contributed by atoms with Gasteiger partial charge in [0.2, 0.25) is 5.91 Å². The number of imide groups is 1. The fourth-order valence-electron chi connectivity index (χ4n) is 4.27. The molecule has 3 amide bonds. The summed E-state index contributed by atoms with van der Waals surface area (Å²) in [4.78, 5) is 52.7. The maximum absolute atomic E-state index is 13.5. The minimum atomic E-state index is -1.03. The minimum Gasteiger partial charge on any atom is -0.494 e. The third-order valence-electron chi connectivity index (χ3n) is 5.89. The molecule has 2 aromatic rings. The van der Waals surface area contributed by atoms with E-state index >= 15 is 0 Å². The van der Waals surface area contributed by atoms with Crippen molar-refractivity contribution < 1.29 is 28.8 Å². The van der Waals surface area contributed by atoms with Gasteiger partial charge in [-0.05, 0) is 50.1 Å². The molecule has 2 unspecified atom stereocenters. The molecule has 0 spiro atoms. The molecule has 0 radical (unpaired) electrons. The molecular weight excluding hydrogens is 442 g/mol. The number of hydrogen-bond donors (Lipinski definition) is 0. The summed E-state index contributed by atoms with van der Waals surface area (Å²) in [6.07, 6.45) is 1.10. The van der Waals surface area contributed by atoms with Gasteiger partial charge in [0, 0.05) is 30.8 Å². The van der Waals surface area contributed by atoms with Crippen LogP contribution in [0.2, 0.25) is 0 Å². The zero-order valence-electron chi connectivity index (χ0n) is 18.7. The second-order valence-electron chi connectivity index (χ2n) is 8.11. The molecule has 2 aromatic carbocycles. The van der Waals surface area contributed by atoms with Crippen molar-refractivity contribution in [3.05, 3.63) is 64.2 Å². The van der Waals surface area contributed by atoms with Gasteiger partial charge in [-0.2, -0.15) is 0 Å². The number of carbonyl (C=O) groups excluding carboxylic acids is 3. The molecule has 10 nitrogen and oxygen atoms in total. The molecule has 2 aliphatic heterocycles. The lowest BCUT2D eigenvalue weighted by Gasteiger charge is -2.29. The lowest BCUT2D eigenvalue weighted by atomic mass is 10.1. The Hall–Kier alpha value is -3.79. The minimum absolute atomic E-state index is 0.0759. The lowest BCUT2D eigenvalue weighted by Crippen LogP contribution is -2.48. The number of ether oxygens (including phenoxy) is 2. The molecule has 2 saturated heterocycles. The molecular formula is C24H25N3O7. The number of anilines is 1. The molecule has 178 valence electrons. The Morgan fingerprint density at radius 3 is 2.65 bits per heavy atom. The second kappa shape index (κ2) is 10.0. The van der Waals surface area contributed by atoms with Crippen molar-refractivity contribution in [2.24, 2.45) is 0 Å². The van der Waals surface area contributed by atoms with Gasteiger partial charge in [0.05, 0.1) is 29.7 Å². The van der Waals surface area contributed by atoms with Gasteiger partial charge < -0.3 is 14.4 Å². The van der Waals surface area contributed by atoms with Crippen LogP contribution in [-0.2, 0) is 14.3 Å². The highest BCUT2D eigenvalue weighted by molar-refractivity contribution is 6.23. The van der Waals surface area contributed by atoms with Crippen LogP contribution in [-0.4, -0.2) is 59.4 Å². The molecule has 4 rings (SSSR count). The highest BCUT2D eigenvalue weighted by atomic mass is 16.6. The Balaban J connectivity index is 1.62. The molecule has 2 aliphatic rings. The SMILES string of the molecule is CCOc1ccc(N2C(=O)CC(N(CC3CCCO3)C(=O)c3cccc([N+](=O)[O-])c3)C2=O)cc1. The number of carbonyl (C=O) groups is 3. The fourth-order valence-corrected chi connectivity index (χ4v) is 4.27. The molecule has 10 heteroatoms. The van der Waals surface area contributed by atoms with E-state index in [2.05, 4.69) is 0 Å². The number of hydrogen-bond acceptors (Lipinski definition) is 7. The number of nitro groups is 1. The molecule has 2 fully saturated rings. The number of non-ortho nitro benzene ring substituents is 1. The predicted octanol–water partition coefficient (Wildman–Crippen LogP) is 2.95. The summed E-state index contributed by atoms with van der Waals surface area (Å²) in [5.41, 5.74) is 0.237. The van der Waals surface area contributed by atoms with Gasteiger partial charge in [0.25, 0.3) is 17.5 Å². The molecule has 0 aliphatic carbocycles. The zero-order chi connectivity index (χ0) is 24.2. The average molecular weight is 467 g/mol. The molecule has 0 N–H and O–H groups in total. The first-order valence-corrected chi connectivity index (χ1v) is 11.2. The first-order valence-electron chi connectivity index (χ1n) is 11.2. The van der Waals surface area contributed by atoms with E-state index in [0.717, 1.165) is 17.7 Å². The van der Waals surface area contributed by atoms with E-state index < -0.39 is 28.7 Å². The van der Waals surface area contributed by atoms with Crippen molar-refractivity contribution in [3.8, 4) is 5.75 Å². The van der Waals surface area contributed by atoms with Crippen LogP contribution in [0.5, 0.6) is 5.75 Å². The smallest absolute Gasteiger partial charge is 0.270 e. The van der Waals surface area contributed by atoms with E-state index in [0.29, 0.717) is 24.7 Å². The summed E-state index contributed by atoms with van der Waals surface area (Å²) in [6, 6.07) is 10.9. The fraction of sp³-hybridized carbons (Fsp3) is 0.375. The van der Waals surface area contributed by atoms with Crippen LogP contribution in [0, 0.1) is 10.1 Å². The van der Waals surface area contributed by atoms with Crippen LogP contribution in [0.1, 0.15) is 36.5 Å². The van der Waals surface area contributed by atoms with Gasteiger partial charge in [-0.1, -0.05) is 6.07 Å². The van der Waals surface area contributed by atoms with E-state index in [1.54, 1.807) is 24.3 Å². The van der Waals surface area contributed by atoms with E-state index in [-0.39, 0.29) is 30.3 Å². The third-order valence-corrected chi connectivity index (χ3v) is 5.89.